The van der Waals surface area contributed by atoms with Gasteiger partial charge in [0.05, 0.1) is 6.04 Å². The first kappa shape index (κ1) is 13.5. The van der Waals surface area contributed by atoms with Crippen molar-refractivity contribution < 1.29 is 4.52 Å². The van der Waals surface area contributed by atoms with Gasteiger partial charge in [-0.25, -0.2) is 0 Å². The van der Waals surface area contributed by atoms with Crippen LogP contribution in [0.5, 0.6) is 0 Å². The lowest BCUT2D eigenvalue weighted by atomic mass is 9.91. The van der Waals surface area contributed by atoms with E-state index in [2.05, 4.69) is 17.1 Å². The van der Waals surface area contributed by atoms with Crippen molar-refractivity contribution in [2.75, 3.05) is 0 Å². The third-order valence-electron chi connectivity index (χ3n) is 3.84. The van der Waals surface area contributed by atoms with Crippen LogP contribution in [0.25, 0.3) is 0 Å². The van der Waals surface area contributed by atoms with Gasteiger partial charge >= 0.3 is 0 Å². The summed E-state index contributed by atoms with van der Waals surface area (Å²) in [6, 6.07) is -0.0928. The Bertz CT molecular complexity index is 343. The molecular weight excluding hydrogens is 226 g/mol. The molecule has 1 aromatic rings. The molecule has 0 spiro atoms. The van der Waals surface area contributed by atoms with Gasteiger partial charge in [0.15, 0.2) is 5.82 Å². The molecule has 2 N–H and O–H groups in total. The second-order valence-electron chi connectivity index (χ2n) is 5.43. The lowest BCUT2D eigenvalue weighted by Gasteiger charge is -2.15. The second-order valence-corrected chi connectivity index (χ2v) is 5.43. The molecule has 0 aliphatic heterocycles. The fourth-order valence-electron chi connectivity index (χ4n) is 2.71. The zero-order chi connectivity index (χ0) is 12.8. The number of aromatic nitrogens is 2. The summed E-state index contributed by atoms with van der Waals surface area (Å²) in [7, 11) is 0. The van der Waals surface area contributed by atoms with Crippen LogP contribution in [0.1, 0.15) is 88.4 Å². The van der Waals surface area contributed by atoms with E-state index in [9.17, 15) is 0 Å². The Balaban J connectivity index is 1.98. The summed E-state index contributed by atoms with van der Waals surface area (Å²) in [5.74, 6) is 1.99. The minimum absolute atomic E-state index is 0.0928. The van der Waals surface area contributed by atoms with Gasteiger partial charge in [-0.15, -0.1) is 0 Å². The van der Waals surface area contributed by atoms with Gasteiger partial charge in [0, 0.05) is 5.92 Å². The van der Waals surface area contributed by atoms with Crippen molar-refractivity contribution in [2.24, 2.45) is 5.73 Å². The molecule has 0 bridgehead atoms. The van der Waals surface area contributed by atoms with Gasteiger partial charge in [0.1, 0.15) is 0 Å². The third kappa shape index (κ3) is 3.55. The van der Waals surface area contributed by atoms with Crippen LogP contribution in [0.4, 0.5) is 0 Å². The topological polar surface area (TPSA) is 64.9 Å². The quantitative estimate of drug-likeness (QED) is 0.886. The summed E-state index contributed by atoms with van der Waals surface area (Å²) in [6.07, 6.45) is 11.0. The SMILES string of the molecule is CCCC(N)c1nc(C2CCCCCCC2)no1. The molecule has 4 nitrogen and oxygen atoms in total. The van der Waals surface area contributed by atoms with E-state index in [1.807, 2.05) is 0 Å². The van der Waals surface area contributed by atoms with Gasteiger partial charge in [-0.3, -0.25) is 0 Å². The zero-order valence-electron chi connectivity index (χ0n) is 11.4. The molecule has 2 rings (SSSR count). The van der Waals surface area contributed by atoms with Crippen molar-refractivity contribution in [1.82, 2.24) is 10.1 Å². The summed E-state index contributed by atoms with van der Waals surface area (Å²) < 4.78 is 5.32. The first-order valence-corrected chi connectivity index (χ1v) is 7.40. The van der Waals surface area contributed by atoms with Crippen LogP contribution in [0, 0.1) is 0 Å². The van der Waals surface area contributed by atoms with Crippen molar-refractivity contribution in [2.45, 2.75) is 76.7 Å². The van der Waals surface area contributed by atoms with Gasteiger partial charge in [-0.2, -0.15) is 4.98 Å². The highest BCUT2D eigenvalue weighted by Gasteiger charge is 2.21. The fraction of sp³-hybridized carbons (Fsp3) is 0.857. The van der Waals surface area contributed by atoms with Crippen LogP contribution < -0.4 is 5.73 Å². The average Bonchev–Trinajstić information content (AvgIpc) is 2.78. The molecule has 1 aliphatic carbocycles. The van der Waals surface area contributed by atoms with E-state index in [0.29, 0.717) is 11.8 Å². The van der Waals surface area contributed by atoms with E-state index in [1.54, 1.807) is 0 Å². The molecule has 1 saturated carbocycles. The Morgan fingerprint density at radius 1 is 1.22 bits per heavy atom. The van der Waals surface area contributed by atoms with Gasteiger partial charge in [-0.1, -0.05) is 50.6 Å². The zero-order valence-corrected chi connectivity index (χ0v) is 11.4. The van der Waals surface area contributed by atoms with E-state index in [4.69, 9.17) is 10.3 Å². The third-order valence-corrected chi connectivity index (χ3v) is 3.84. The van der Waals surface area contributed by atoms with Crippen LogP contribution in [-0.4, -0.2) is 10.1 Å². The van der Waals surface area contributed by atoms with E-state index in [-0.39, 0.29) is 6.04 Å². The first-order valence-electron chi connectivity index (χ1n) is 7.40. The molecule has 1 atom stereocenters. The number of nitrogens with zero attached hydrogens (tertiary/aromatic N) is 2. The van der Waals surface area contributed by atoms with Crippen LogP contribution in [0.3, 0.4) is 0 Å². The molecule has 0 aromatic carbocycles. The number of nitrogens with two attached hydrogens (primary N) is 1. The Hall–Kier alpha value is -0.900. The van der Waals surface area contributed by atoms with Crippen molar-refractivity contribution in [1.29, 1.82) is 0 Å². The highest BCUT2D eigenvalue weighted by Crippen LogP contribution is 2.29. The minimum atomic E-state index is -0.0928. The van der Waals surface area contributed by atoms with Crippen molar-refractivity contribution >= 4 is 0 Å². The molecule has 102 valence electrons. The van der Waals surface area contributed by atoms with Crippen molar-refractivity contribution in [3.05, 3.63) is 11.7 Å². The molecule has 18 heavy (non-hydrogen) atoms. The van der Waals surface area contributed by atoms with E-state index >= 15 is 0 Å². The molecule has 1 aromatic heterocycles. The molecule has 0 radical (unpaired) electrons. The van der Waals surface area contributed by atoms with Gasteiger partial charge in [0.2, 0.25) is 5.89 Å². The molecular formula is C14H25N3O. The van der Waals surface area contributed by atoms with Gasteiger partial charge in [-0.05, 0) is 19.3 Å². The maximum Gasteiger partial charge on any atom is 0.243 e. The Morgan fingerprint density at radius 2 is 1.89 bits per heavy atom. The Labute approximate surface area is 109 Å². The lowest BCUT2D eigenvalue weighted by molar-refractivity contribution is 0.338. The standard InChI is InChI=1S/C14H25N3O/c1-2-8-12(15)14-16-13(17-18-14)11-9-6-4-3-5-7-10-11/h11-12H,2-10,15H2,1H3. The highest BCUT2D eigenvalue weighted by atomic mass is 16.5. The molecule has 0 saturated heterocycles. The minimum Gasteiger partial charge on any atom is -0.338 e. The van der Waals surface area contributed by atoms with Crippen LogP contribution >= 0.6 is 0 Å². The summed E-state index contributed by atoms with van der Waals surface area (Å²) >= 11 is 0. The molecule has 1 heterocycles. The molecule has 1 unspecified atom stereocenters. The molecule has 0 amide bonds. The predicted octanol–water partition coefficient (Wildman–Crippen LogP) is 3.70. The average molecular weight is 251 g/mol. The van der Waals surface area contributed by atoms with Crippen LogP contribution in [-0.2, 0) is 0 Å². The number of hydrogen-bond donors (Lipinski definition) is 1. The molecule has 4 heteroatoms. The highest BCUT2D eigenvalue weighted by molar-refractivity contribution is 4.98. The summed E-state index contributed by atoms with van der Waals surface area (Å²) in [6.45, 7) is 2.12. The van der Waals surface area contributed by atoms with E-state index in [1.165, 1.54) is 44.9 Å². The van der Waals surface area contributed by atoms with E-state index < -0.39 is 0 Å². The van der Waals surface area contributed by atoms with Gasteiger partial charge in [0.25, 0.3) is 0 Å². The summed E-state index contributed by atoms with van der Waals surface area (Å²) in [5, 5.41) is 4.15. The van der Waals surface area contributed by atoms with Crippen LogP contribution in [0.2, 0.25) is 0 Å². The largest absolute Gasteiger partial charge is 0.338 e. The van der Waals surface area contributed by atoms with Crippen LogP contribution in [0.15, 0.2) is 4.52 Å². The number of rotatable bonds is 4. The molecule has 1 aliphatic rings. The van der Waals surface area contributed by atoms with E-state index in [0.717, 1.165) is 18.7 Å². The Kier molecular flexibility index (Phi) is 5.17. The number of hydrogen-bond acceptors (Lipinski definition) is 4. The summed E-state index contributed by atoms with van der Waals surface area (Å²) in [5.41, 5.74) is 6.01. The van der Waals surface area contributed by atoms with Crippen molar-refractivity contribution in [3.8, 4) is 0 Å². The van der Waals surface area contributed by atoms with Gasteiger partial charge < -0.3 is 10.3 Å². The van der Waals surface area contributed by atoms with Crippen molar-refractivity contribution in [3.63, 3.8) is 0 Å². The lowest BCUT2D eigenvalue weighted by Crippen LogP contribution is -2.10. The second kappa shape index (κ2) is 6.88. The maximum absolute atomic E-state index is 6.01. The fourth-order valence-corrected chi connectivity index (χ4v) is 2.71. The monoisotopic (exact) mass is 251 g/mol. The predicted molar refractivity (Wildman–Crippen MR) is 71.2 cm³/mol. The smallest absolute Gasteiger partial charge is 0.243 e. The molecule has 1 fully saturated rings. The summed E-state index contributed by atoms with van der Waals surface area (Å²) in [4.78, 5) is 4.52. The normalized spacial score (nSPS) is 20.3. The first-order chi connectivity index (χ1) is 8.81. The Morgan fingerprint density at radius 3 is 2.56 bits per heavy atom. The maximum atomic E-state index is 6.01.